The Morgan fingerprint density at radius 1 is 1.25 bits per heavy atom. The first-order chi connectivity index (χ1) is 9.35. The van der Waals surface area contributed by atoms with Crippen LogP contribution in [0.3, 0.4) is 0 Å². The summed E-state index contributed by atoms with van der Waals surface area (Å²) in [6.07, 6.45) is 5.19. The molecule has 0 aromatic rings. The standard InChI is InChI=1S/C16H31N3O/c1-16(2,3)11-13(17)10-15(20)19-9-6-14(12-19)18-7-4-5-8-18/h13-14H,4-12,17H2,1-3H3. The van der Waals surface area contributed by atoms with E-state index in [1.54, 1.807) is 0 Å². The second-order valence-electron chi connectivity index (χ2n) is 7.75. The van der Waals surface area contributed by atoms with Crippen molar-refractivity contribution in [3.8, 4) is 0 Å². The molecular formula is C16H31N3O. The molecule has 20 heavy (non-hydrogen) atoms. The van der Waals surface area contributed by atoms with Gasteiger partial charge in [-0.15, -0.1) is 0 Å². The van der Waals surface area contributed by atoms with Gasteiger partial charge in [0.15, 0.2) is 0 Å². The lowest BCUT2D eigenvalue weighted by Gasteiger charge is -2.26. The first-order valence-electron chi connectivity index (χ1n) is 8.12. The number of carbonyl (C=O) groups excluding carboxylic acids is 1. The molecule has 2 atom stereocenters. The van der Waals surface area contributed by atoms with E-state index in [4.69, 9.17) is 5.73 Å². The molecule has 4 heteroatoms. The van der Waals surface area contributed by atoms with Gasteiger partial charge in [-0.2, -0.15) is 0 Å². The molecule has 0 spiro atoms. The number of carbonyl (C=O) groups is 1. The summed E-state index contributed by atoms with van der Waals surface area (Å²) in [7, 11) is 0. The zero-order chi connectivity index (χ0) is 14.8. The van der Waals surface area contributed by atoms with E-state index >= 15 is 0 Å². The minimum Gasteiger partial charge on any atom is -0.341 e. The highest BCUT2D eigenvalue weighted by Crippen LogP contribution is 2.23. The molecule has 116 valence electrons. The van der Waals surface area contributed by atoms with Crippen LogP contribution in [-0.4, -0.2) is 54.0 Å². The first kappa shape index (κ1) is 15.8. The smallest absolute Gasteiger partial charge is 0.224 e. The molecule has 2 heterocycles. The molecule has 2 aliphatic rings. The summed E-state index contributed by atoms with van der Waals surface area (Å²) in [5, 5.41) is 0. The topological polar surface area (TPSA) is 49.6 Å². The largest absolute Gasteiger partial charge is 0.341 e. The van der Waals surface area contributed by atoms with Crippen molar-refractivity contribution in [1.29, 1.82) is 0 Å². The fourth-order valence-electron chi connectivity index (χ4n) is 3.59. The number of nitrogens with two attached hydrogens (primary N) is 1. The predicted molar refractivity (Wildman–Crippen MR) is 82.5 cm³/mol. The zero-order valence-corrected chi connectivity index (χ0v) is 13.4. The average molecular weight is 281 g/mol. The molecule has 0 aromatic carbocycles. The second kappa shape index (κ2) is 6.44. The van der Waals surface area contributed by atoms with Crippen LogP contribution in [0, 0.1) is 5.41 Å². The number of nitrogens with zero attached hydrogens (tertiary/aromatic N) is 2. The van der Waals surface area contributed by atoms with Gasteiger partial charge in [0.25, 0.3) is 0 Å². The van der Waals surface area contributed by atoms with Crippen molar-refractivity contribution in [2.24, 2.45) is 11.1 Å². The van der Waals surface area contributed by atoms with Gasteiger partial charge in [-0.1, -0.05) is 20.8 Å². The molecule has 2 rings (SSSR count). The molecule has 0 aromatic heterocycles. The third-order valence-electron chi connectivity index (χ3n) is 4.48. The van der Waals surface area contributed by atoms with Gasteiger partial charge in [0.05, 0.1) is 0 Å². The molecule has 2 saturated heterocycles. The Kier molecular flexibility index (Phi) is 5.08. The van der Waals surface area contributed by atoms with E-state index in [-0.39, 0.29) is 17.4 Å². The third-order valence-corrected chi connectivity index (χ3v) is 4.48. The van der Waals surface area contributed by atoms with E-state index in [0.29, 0.717) is 12.5 Å². The molecule has 0 bridgehead atoms. The molecule has 0 radical (unpaired) electrons. The van der Waals surface area contributed by atoms with E-state index in [9.17, 15) is 4.79 Å². The van der Waals surface area contributed by atoms with Gasteiger partial charge in [0.2, 0.25) is 5.91 Å². The molecule has 2 fully saturated rings. The highest BCUT2D eigenvalue weighted by Gasteiger charge is 2.32. The van der Waals surface area contributed by atoms with Crippen molar-refractivity contribution in [3.63, 3.8) is 0 Å². The zero-order valence-electron chi connectivity index (χ0n) is 13.4. The van der Waals surface area contributed by atoms with Crippen LogP contribution < -0.4 is 5.73 Å². The monoisotopic (exact) mass is 281 g/mol. The van der Waals surface area contributed by atoms with Crippen molar-refractivity contribution in [3.05, 3.63) is 0 Å². The van der Waals surface area contributed by atoms with Crippen molar-refractivity contribution >= 4 is 5.91 Å². The summed E-state index contributed by atoms with van der Waals surface area (Å²) >= 11 is 0. The SMILES string of the molecule is CC(C)(C)CC(N)CC(=O)N1CCC(N2CCCC2)C1. The molecule has 2 unspecified atom stereocenters. The maximum atomic E-state index is 12.3. The number of likely N-dealkylation sites (tertiary alicyclic amines) is 2. The van der Waals surface area contributed by atoms with Crippen LogP contribution in [0.1, 0.15) is 52.9 Å². The Hall–Kier alpha value is -0.610. The molecular weight excluding hydrogens is 250 g/mol. The second-order valence-corrected chi connectivity index (χ2v) is 7.75. The summed E-state index contributed by atoms with van der Waals surface area (Å²) < 4.78 is 0. The molecule has 0 aliphatic carbocycles. The summed E-state index contributed by atoms with van der Waals surface area (Å²) in [5.41, 5.74) is 6.32. The molecule has 0 saturated carbocycles. The fraction of sp³-hybridized carbons (Fsp3) is 0.938. The van der Waals surface area contributed by atoms with Crippen LogP contribution in [0.2, 0.25) is 0 Å². The maximum Gasteiger partial charge on any atom is 0.224 e. The number of amides is 1. The molecule has 2 aliphatic heterocycles. The van der Waals surface area contributed by atoms with Crippen LogP contribution in [0.4, 0.5) is 0 Å². The summed E-state index contributed by atoms with van der Waals surface area (Å²) in [6.45, 7) is 10.8. The van der Waals surface area contributed by atoms with Crippen molar-refractivity contribution in [1.82, 2.24) is 9.80 Å². The third kappa shape index (κ3) is 4.45. The Labute approximate surface area is 123 Å². The lowest BCUT2D eigenvalue weighted by molar-refractivity contribution is -0.130. The quantitative estimate of drug-likeness (QED) is 0.855. The Bertz CT molecular complexity index is 331. The van der Waals surface area contributed by atoms with Crippen molar-refractivity contribution in [2.75, 3.05) is 26.2 Å². The Morgan fingerprint density at radius 2 is 1.90 bits per heavy atom. The highest BCUT2D eigenvalue weighted by atomic mass is 16.2. The van der Waals surface area contributed by atoms with Gasteiger partial charge in [-0.05, 0) is 44.2 Å². The molecule has 1 amide bonds. The van der Waals surface area contributed by atoms with Gasteiger partial charge in [-0.25, -0.2) is 0 Å². The van der Waals surface area contributed by atoms with Crippen LogP contribution in [-0.2, 0) is 4.79 Å². The molecule has 4 nitrogen and oxygen atoms in total. The lowest BCUT2D eigenvalue weighted by Crippen LogP contribution is -2.39. The highest BCUT2D eigenvalue weighted by molar-refractivity contribution is 5.77. The van der Waals surface area contributed by atoms with Crippen LogP contribution in [0.25, 0.3) is 0 Å². The minimum atomic E-state index is -0.00617. The predicted octanol–water partition coefficient (Wildman–Crippen LogP) is 1.84. The van der Waals surface area contributed by atoms with Gasteiger partial charge in [-0.3, -0.25) is 9.69 Å². The van der Waals surface area contributed by atoms with Crippen molar-refractivity contribution in [2.45, 2.75) is 65.0 Å². The van der Waals surface area contributed by atoms with Gasteiger partial charge >= 0.3 is 0 Å². The fourth-order valence-corrected chi connectivity index (χ4v) is 3.59. The number of hydrogen-bond donors (Lipinski definition) is 1. The minimum absolute atomic E-state index is 0.00617. The normalized spacial score (nSPS) is 26.2. The van der Waals surface area contributed by atoms with Crippen LogP contribution in [0.5, 0.6) is 0 Å². The van der Waals surface area contributed by atoms with E-state index in [1.807, 2.05) is 4.90 Å². The van der Waals surface area contributed by atoms with E-state index in [0.717, 1.165) is 25.9 Å². The lowest BCUT2D eigenvalue weighted by atomic mass is 9.87. The Balaban J connectivity index is 1.76. The summed E-state index contributed by atoms with van der Waals surface area (Å²) in [6, 6.07) is 0.591. The van der Waals surface area contributed by atoms with Gasteiger partial charge in [0.1, 0.15) is 0 Å². The van der Waals surface area contributed by atoms with E-state index < -0.39 is 0 Å². The van der Waals surface area contributed by atoms with Crippen LogP contribution in [0.15, 0.2) is 0 Å². The van der Waals surface area contributed by atoms with Crippen LogP contribution >= 0.6 is 0 Å². The maximum absolute atomic E-state index is 12.3. The number of rotatable bonds is 4. The summed E-state index contributed by atoms with van der Waals surface area (Å²) in [4.78, 5) is 16.9. The number of hydrogen-bond acceptors (Lipinski definition) is 3. The van der Waals surface area contributed by atoms with Crippen molar-refractivity contribution < 1.29 is 4.79 Å². The summed E-state index contributed by atoms with van der Waals surface area (Å²) in [5.74, 6) is 0.253. The molecule has 2 N–H and O–H groups in total. The van der Waals surface area contributed by atoms with Gasteiger partial charge in [0, 0.05) is 31.6 Å². The Morgan fingerprint density at radius 3 is 2.50 bits per heavy atom. The first-order valence-corrected chi connectivity index (χ1v) is 8.12. The van der Waals surface area contributed by atoms with E-state index in [2.05, 4.69) is 25.7 Å². The van der Waals surface area contributed by atoms with E-state index in [1.165, 1.54) is 25.9 Å². The van der Waals surface area contributed by atoms with Gasteiger partial charge < -0.3 is 10.6 Å². The average Bonchev–Trinajstić information content (AvgIpc) is 2.97.